The fourth-order valence-electron chi connectivity index (χ4n) is 4.55. The van der Waals surface area contributed by atoms with Crippen LogP contribution in [0, 0.1) is 0 Å². The molecular weight excluding hydrogens is 525 g/mol. The number of hydrogen-bond acceptors (Lipinski definition) is 4. The first kappa shape index (κ1) is 25.6. The van der Waals surface area contributed by atoms with Crippen molar-refractivity contribution in [2.75, 3.05) is 30.2 Å². The molecule has 1 heterocycles. The van der Waals surface area contributed by atoms with Crippen molar-refractivity contribution in [2.24, 2.45) is 0 Å². The molecule has 0 spiro atoms. The van der Waals surface area contributed by atoms with Crippen molar-refractivity contribution in [3.05, 3.63) is 95.5 Å². The number of rotatable bonds is 9. The van der Waals surface area contributed by atoms with Gasteiger partial charge >= 0.3 is 0 Å². The highest BCUT2D eigenvalue weighted by atomic mass is 35.5. The number of nitrogens with zero attached hydrogens (tertiary/aromatic N) is 2. The van der Waals surface area contributed by atoms with E-state index >= 15 is 0 Å². The largest absolute Gasteiger partial charge is 0.508 e. The first-order valence-corrected chi connectivity index (χ1v) is 13.5. The standard InChI is InChI=1S/C30H26Cl3N3O/c31-12-14-36(15-13-32)19-22-16-24(8-11-29(22)37)34-30-25-9-7-23(33)18-28(25)35-27-10-6-21(17-26(27)30)20-4-2-1-3-5-20/h1-11,16-18,37H,12-15,19H2,(H,34,35). The van der Waals surface area contributed by atoms with Crippen molar-refractivity contribution in [2.45, 2.75) is 6.54 Å². The van der Waals surface area contributed by atoms with Crippen LogP contribution in [0.5, 0.6) is 5.75 Å². The Labute approximate surface area is 231 Å². The van der Waals surface area contributed by atoms with Gasteiger partial charge in [0, 0.05) is 58.4 Å². The van der Waals surface area contributed by atoms with Gasteiger partial charge in [-0.2, -0.15) is 0 Å². The van der Waals surface area contributed by atoms with Gasteiger partial charge in [-0.3, -0.25) is 4.90 Å². The number of hydrogen-bond donors (Lipinski definition) is 2. The predicted octanol–water partition coefficient (Wildman–Crippen LogP) is 8.44. The lowest BCUT2D eigenvalue weighted by molar-refractivity contribution is 0.294. The maximum Gasteiger partial charge on any atom is 0.120 e. The normalized spacial score (nSPS) is 11.5. The Morgan fingerprint density at radius 2 is 1.54 bits per heavy atom. The number of anilines is 2. The smallest absolute Gasteiger partial charge is 0.120 e. The molecule has 0 amide bonds. The van der Waals surface area contributed by atoms with E-state index in [0.717, 1.165) is 49.9 Å². The number of benzene rings is 4. The first-order chi connectivity index (χ1) is 18.1. The van der Waals surface area contributed by atoms with Crippen LogP contribution in [-0.2, 0) is 6.54 Å². The number of fused-ring (bicyclic) bond motifs is 2. The summed E-state index contributed by atoms with van der Waals surface area (Å²) in [5.74, 6) is 1.23. The Bertz CT molecular complexity index is 1540. The van der Waals surface area contributed by atoms with Crippen LogP contribution < -0.4 is 5.32 Å². The fraction of sp³-hybridized carbons (Fsp3) is 0.167. The topological polar surface area (TPSA) is 48.4 Å². The van der Waals surface area contributed by atoms with Crippen molar-refractivity contribution in [3.8, 4) is 16.9 Å². The van der Waals surface area contributed by atoms with Crippen LogP contribution in [0.15, 0.2) is 84.9 Å². The van der Waals surface area contributed by atoms with Gasteiger partial charge in [0.1, 0.15) is 5.75 Å². The van der Waals surface area contributed by atoms with Crippen LogP contribution in [0.25, 0.3) is 32.9 Å². The molecule has 4 nitrogen and oxygen atoms in total. The van der Waals surface area contributed by atoms with Crippen molar-refractivity contribution in [3.63, 3.8) is 0 Å². The molecule has 0 atom stereocenters. The monoisotopic (exact) mass is 549 g/mol. The molecule has 0 saturated carbocycles. The molecule has 0 aliphatic carbocycles. The highest BCUT2D eigenvalue weighted by molar-refractivity contribution is 6.31. The Morgan fingerprint density at radius 1 is 0.757 bits per heavy atom. The number of aromatic hydroxyl groups is 1. The zero-order valence-corrected chi connectivity index (χ0v) is 22.4. The lowest BCUT2D eigenvalue weighted by atomic mass is 10.0. The fourth-order valence-corrected chi connectivity index (χ4v) is 5.19. The number of alkyl halides is 2. The van der Waals surface area contributed by atoms with Crippen molar-refractivity contribution in [1.29, 1.82) is 0 Å². The van der Waals surface area contributed by atoms with Crippen LogP contribution in [0.3, 0.4) is 0 Å². The summed E-state index contributed by atoms with van der Waals surface area (Å²) in [6.45, 7) is 1.93. The number of pyridine rings is 1. The lowest BCUT2D eigenvalue weighted by Crippen LogP contribution is -2.27. The molecule has 0 aliphatic heterocycles. The molecule has 5 rings (SSSR count). The summed E-state index contributed by atoms with van der Waals surface area (Å²) in [7, 11) is 0. The van der Waals surface area contributed by atoms with Crippen molar-refractivity contribution in [1.82, 2.24) is 9.88 Å². The summed E-state index contributed by atoms with van der Waals surface area (Å²) in [5, 5.41) is 16.8. The van der Waals surface area contributed by atoms with Crippen LogP contribution in [0.2, 0.25) is 5.02 Å². The third-order valence-electron chi connectivity index (χ3n) is 6.39. The minimum absolute atomic E-state index is 0.238. The Hall–Kier alpha value is -3.02. The average molecular weight is 551 g/mol. The minimum Gasteiger partial charge on any atom is -0.508 e. The summed E-state index contributed by atoms with van der Waals surface area (Å²) in [4.78, 5) is 7.02. The summed E-state index contributed by atoms with van der Waals surface area (Å²) in [6.07, 6.45) is 0. The summed E-state index contributed by atoms with van der Waals surface area (Å²) in [5.41, 5.74) is 6.52. The van der Waals surface area contributed by atoms with Crippen LogP contribution >= 0.6 is 34.8 Å². The van der Waals surface area contributed by atoms with E-state index in [4.69, 9.17) is 39.8 Å². The molecule has 0 aliphatic rings. The van der Waals surface area contributed by atoms with Gasteiger partial charge in [0.2, 0.25) is 0 Å². The van der Waals surface area contributed by atoms with E-state index in [9.17, 15) is 5.11 Å². The summed E-state index contributed by atoms with van der Waals surface area (Å²) in [6, 6.07) is 27.9. The predicted molar refractivity (Wildman–Crippen MR) is 158 cm³/mol. The molecule has 0 bridgehead atoms. The molecule has 188 valence electrons. The van der Waals surface area contributed by atoms with E-state index in [1.807, 2.05) is 54.6 Å². The lowest BCUT2D eigenvalue weighted by Gasteiger charge is -2.21. The number of nitrogens with one attached hydrogen (secondary N) is 1. The molecule has 0 unspecified atom stereocenters. The Kier molecular flexibility index (Phi) is 8.02. The molecule has 0 radical (unpaired) electrons. The molecule has 5 aromatic rings. The Balaban J connectivity index is 1.61. The van der Waals surface area contributed by atoms with Gasteiger partial charge in [0.05, 0.1) is 16.7 Å². The zero-order valence-electron chi connectivity index (χ0n) is 20.1. The van der Waals surface area contributed by atoms with Gasteiger partial charge in [-0.15, -0.1) is 23.2 Å². The van der Waals surface area contributed by atoms with Crippen LogP contribution in [0.4, 0.5) is 11.4 Å². The van der Waals surface area contributed by atoms with E-state index in [0.29, 0.717) is 36.4 Å². The van der Waals surface area contributed by atoms with E-state index in [1.54, 1.807) is 6.07 Å². The van der Waals surface area contributed by atoms with Crippen molar-refractivity contribution >= 4 is 68.0 Å². The molecular formula is C30H26Cl3N3O. The maximum absolute atomic E-state index is 10.6. The van der Waals surface area contributed by atoms with Gasteiger partial charge in [-0.05, 0) is 59.7 Å². The second kappa shape index (κ2) is 11.6. The first-order valence-electron chi connectivity index (χ1n) is 12.1. The third-order valence-corrected chi connectivity index (χ3v) is 6.96. The molecule has 2 N–H and O–H groups in total. The van der Waals surface area contributed by atoms with E-state index in [2.05, 4.69) is 34.5 Å². The maximum atomic E-state index is 10.6. The van der Waals surface area contributed by atoms with E-state index < -0.39 is 0 Å². The number of halogens is 3. The minimum atomic E-state index is 0.238. The summed E-state index contributed by atoms with van der Waals surface area (Å²) < 4.78 is 0. The zero-order chi connectivity index (χ0) is 25.8. The average Bonchev–Trinajstić information content (AvgIpc) is 2.91. The number of phenols is 1. The van der Waals surface area contributed by atoms with Gasteiger partial charge in [-0.25, -0.2) is 4.98 Å². The number of phenolic OH excluding ortho intramolecular Hbond substituents is 1. The molecule has 4 aromatic carbocycles. The highest BCUT2D eigenvalue weighted by Crippen LogP contribution is 2.37. The molecule has 7 heteroatoms. The SMILES string of the molecule is Oc1ccc(Nc2c3ccc(Cl)cc3nc3ccc(-c4ccccc4)cc23)cc1CN(CCCl)CCCl. The molecule has 37 heavy (non-hydrogen) atoms. The molecule has 0 saturated heterocycles. The third kappa shape index (κ3) is 5.78. The van der Waals surface area contributed by atoms with Gasteiger partial charge in [0.25, 0.3) is 0 Å². The second-order valence-electron chi connectivity index (χ2n) is 8.87. The van der Waals surface area contributed by atoms with Gasteiger partial charge in [-0.1, -0.05) is 48.0 Å². The van der Waals surface area contributed by atoms with Crippen molar-refractivity contribution < 1.29 is 5.11 Å². The summed E-state index contributed by atoms with van der Waals surface area (Å²) >= 11 is 18.3. The second-order valence-corrected chi connectivity index (χ2v) is 10.1. The number of aromatic nitrogens is 1. The van der Waals surface area contributed by atoms with E-state index in [1.165, 1.54) is 0 Å². The van der Waals surface area contributed by atoms with Gasteiger partial charge in [0.15, 0.2) is 0 Å². The van der Waals surface area contributed by atoms with Crippen LogP contribution in [0.1, 0.15) is 5.56 Å². The van der Waals surface area contributed by atoms with Gasteiger partial charge < -0.3 is 10.4 Å². The Morgan fingerprint density at radius 3 is 2.30 bits per heavy atom. The quantitative estimate of drug-likeness (QED) is 0.110. The molecule has 0 fully saturated rings. The van der Waals surface area contributed by atoms with Crippen LogP contribution in [-0.4, -0.2) is 39.8 Å². The highest BCUT2D eigenvalue weighted by Gasteiger charge is 2.14. The van der Waals surface area contributed by atoms with E-state index in [-0.39, 0.29) is 5.75 Å². The molecule has 1 aromatic heterocycles.